The Morgan fingerprint density at radius 3 is 1.90 bits per heavy atom. The van der Waals surface area contributed by atoms with Gasteiger partial charge in [-0.15, -0.1) is 0 Å². The van der Waals surface area contributed by atoms with Crippen molar-refractivity contribution in [2.45, 2.75) is 99.3 Å². The van der Waals surface area contributed by atoms with E-state index < -0.39 is 0 Å². The third-order valence-electron chi connectivity index (χ3n) is 6.94. The molecule has 2 aromatic rings. The minimum absolute atomic E-state index is 0.548. The average Bonchev–Trinajstić information content (AvgIpc) is 2.73. The van der Waals surface area contributed by atoms with Crippen LogP contribution in [-0.2, 0) is 0 Å². The van der Waals surface area contributed by atoms with Crippen LogP contribution in [0.1, 0.15) is 106 Å². The predicted octanol–water partition coefficient (Wildman–Crippen LogP) is 9.22. The van der Waals surface area contributed by atoms with Crippen LogP contribution in [0.15, 0.2) is 41.4 Å². The topological polar surface area (TPSA) is 12.4 Å². The first-order valence-electron chi connectivity index (χ1n) is 12.0. The van der Waals surface area contributed by atoms with Gasteiger partial charge in [0.1, 0.15) is 0 Å². The van der Waals surface area contributed by atoms with Crippen molar-refractivity contribution in [3.8, 4) is 0 Å². The van der Waals surface area contributed by atoms with E-state index in [1.54, 1.807) is 0 Å². The Hall–Kier alpha value is -1.89. The Kier molecular flexibility index (Phi) is 9.34. The van der Waals surface area contributed by atoms with Crippen LogP contribution in [0.3, 0.4) is 0 Å². The maximum Gasteiger partial charge on any atom is 0.0661 e. The highest BCUT2D eigenvalue weighted by Crippen LogP contribution is 2.31. The third-order valence-corrected chi connectivity index (χ3v) is 6.94. The molecule has 30 heavy (non-hydrogen) atoms. The maximum absolute atomic E-state index is 5.03. The van der Waals surface area contributed by atoms with Crippen molar-refractivity contribution in [3.63, 3.8) is 0 Å². The van der Waals surface area contributed by atoms with Gasteiger partial charge in [-0.1, -0.05) is 70.9 Å². The summed E-state index contributed by atoms with van der Waals surface area (Å²) in [4.78, 5) is 5.03. The van der Waals surface area contributed by atoms with Crippen LogP contribution < -0.4 is 0 Å². The third kappa shape index (κ3) is 6.83. The predicted molar refractivity (Wildman–Crippen MR) is 135 cm³/mol. The van der Waals surface area contributed by atoms with E-state index in [4.69, 9.17) is 4.99 Å². The molecule has 3 atom stereocenters. The quantitative estimate of drug-likeness (QED) is 0.349. The minimum atomic E-state index is 0.548. The molecule has 0 aliphatic carbocycles. The highest BCUT2D eigenvalue weighted by Gasteiger charge is 2.13. The van der Waals surface area contributed by atoms with Crippen molar-refractivity contribution in [2.24, 2.45) is 10.9 Å². The van der Waals surface area contributed by atoms with Gasteiger partial charge < -0.3 is 0 Å². The second-order valence-corrected chi connectivity index (χ2v) is 9.57. The minimum Gasteiger partial charge on any atom is -0.258 e. The lowest BCUT2D eigenvalue weighted by atomic mass is 9.88. The molecule has 0 radical (unpaired) electrons. The molecule has 0 bridgehead atoms. The molecule has 0 aliphatic rings. The van der Waals surface area contributed by atoms with Crippen LogP contribution in [0, 0.1) is 26.7 Å². The number of nitrogens with zero attached hydrogens (tertiary/aromatic N) is 1. The second kappa shape index (κ2) is 11.5. The van der Waals surface area contributed by atoms with E-state index >= 15 is 0 Å². The molecular weight excluding hydrogens is 362 g/mol. The van der Waals surface area contributed by atoms with Gasteiger partial charge in [-0.2, -0.15) is 0 Å². The number of hydrogen-bond acceptors (Lipinski definition) is 1. The molecule has 0 aromatic heterocycles. The summed E-state index contributed by atoms with van der Waals surface area (Å²) in [6, 6.07) is 13.8. The molecule has 0 aliphatic heterocycles. The average molecular weight is 406 g/mol. The summed E-state index contributed by atoms with van der Waals surface area (Å²) in [5.74, 6) is 1.70. The summed E-state index contributed by atoms with van der Waals surface area (Å²) in [7, 11) is 0. The van der Waals surface area contributed by atoms with Crippen LogP contribution >= 0.6 is 0 Å². The van der Waals surface area contributed by atoms with Crippen molar-refractivity contribution in [1.29, 1.82) is 0 Å². The molecule has 0 saturated carbocycles. The van der Waals surface area contributed by atoms with Gasteiger partial charge >= 0.3 is 0 Å². The fourth-order valence-corrected chi connectivity index (χ4v) is 3.98. The second-order valence-electron chi connectivity index (χ2n) is 9.57. The molecule has 2 unspecified atom stereocenters. The zero-order valence-corrected chi connectivity index (χ0v) is 20.7. The highest BCUT2D eigenvalue weighted by atomic mass is 14.8. The number of aliphatic imine (C=N–C) groups is 1. The fourth-order valence-electron chi connectivity index (χ4n) is 3.98. The molecule has 1 nitrogen and oxygen atoms in total. The summed E-state index contributed by atoms with van der Waals surface area (Å²) >= 11 is 0. The van der Waals surface area contributed by atoms with Gasteiger partial charge in [-0.05, 0) is 98.6 Å². The van der Waals surface area contributed by atoms with Crippen molar-refractivity contribution in [3.05, 3.63) is 64.2 Å². The molecular formula is C29H43N. The van der Waals surface area contributed by atoms with Crippen molar-refractivity contribution in [2.75, 3.05) is 0 Å². The SMILES string of the molecule is CCCCC(C)C(C)=Nc1cc([C@H](C)CCC(C)c2ccc(C)c(C)c2)ccc1C. The Balaban J connectivity index is 2.06. The van der Waals surface area contributed by atoms with Crippen LogP contribution in [0.4, 0.5) is 5.69 Å². The van der Waals surface area contributed by atoms with Gasteiger partial charge in [0.05, 0.1) is 5.69 Å². The Morgan fingerprint density at radius 1 is 0.767 bits per heavy atom. The lowest BCUT2D eigenvalue weighted by Gasteiger charge is -2.18. The zero-order valence-electron chi connectivity index (χ0n) is 20.7. The number of unbranched alkanes of at least 4 members (excludes halogenated alkanes) is 1. The van der Waals surface area contributed by atoms with Crippen molar-refractivity contribution < 1.29 is 0 Å². The smallest absolute Gasteiger partial charge is 0.0661 e. The van der Waals surface area contributed by atoms with Gasteiger partial charge in [0, 0.05) is 5.71 Å². The lowest BCUT2D eigenvalue weighted by Crippen LogP contribution is -2.06. The molecule has 2 rings (SSSR count). The van der Waals surface area contributed by atoms with Gasteiger partial charge in [0.2, 0.25) is 0 Å². The number of aryl methyl sites for hydroxylation is 3. The Morgan fingerprint density at radius 2 is 1.33 bits per heavy atom. The molecule has 0 saturated heterocycles. The Labute approximate surface area is 186 Å². The van der Waals surface area contributed by atoms with Crippen LogP contribution in [0.5, 0.6) is 0 Å². The van der Waals surface area contributed by atoms with E-state index in [9.17, 15) is 0 Å². The van der Waals surface area contributed by atoms with E-state index in [-0.39, 0.29) is 0 Å². The molecule has 2 aromatic carbocycles. The summed E-state index contributed by atoms with van der Waals surface area (Å²) in [6.45, 7) is 18.1. The molecule has 1 heteroatoms. The summed E-state index contributed by atoms with van der Waals surface area (Å²) in [5.41, 5.74) is 9.36. The lowest BCUT2D eigenvalue weighted by molar-refractivity contribution is 0.573. The van der Waals surface area contributed by atoms with Crippen LogP contribution in [0.25, 0.3) is 0 Å². The molecule has 0 N–H and O–H groups in total. The van der Waals surface area contributed by atoms with Gasteiger partial charge in [-0.3, -0.25) is 4.99 Å². The fraction of sp³-hybridized carbons (Fsp3) is 0.552. The highest BCUT2D eigenvalue weighted by molar-refractivity contribution is 5.86. The number of hydrogen-bond donors (Lipinski definition) is 0. The largest absolute Gasteiger partial charge is 0.258 e. The van der Waals surface area contributed by atoms with E-state index in [1.165, 1.54) is 65.6 Å². The monoisotopic (exact) mass is 405 g/mol. The van der Waals surface area contributed by atoms with Crippen molar-refractivity contribution >= 4 is 11.4 Å². The molecule has 0 fully saturated rings. The summed E-state index contributed by atoms with van der Waals surface area (Å²) in [6.07, 6.45) is 6.18. The van der Waals surface area contributed by atoms with Gasteiger partial charge in [0.15, 0.2) is 0 Å². The first kappa shape index (κ1) is 24.4. The van der Waals surface area contributed by atoms with Gasteiger partial charge in [0.25, 0.3) is 0 Å². The van der Waals surface area contributed by atoms with E-state index in [0.717, 1.165) is 5.69 Å². The molecule has 164 valence electrons. The van der Waals surface area contributed by atoms with Gasteiger partial charge in [-0.25, -0.2) is 0 Å². The maximum atomic E-state index is 5.03. The molecule has 0 spiro atoms. The van der Waals surface area contributed by atoms with Crippen LogP contribution in [0.2, 0.25) is 0 Å². The van der Waals surface area contributed by atoms with Crippen LogP contribution in [-0.4, -0.2) is 5.71 Å². The first-order valence-corrected chi connectivity index (χ1v) is 12.0. The zero-order chi connectivity index (χ0) is 22.3. The summed E-state index contributed by atoms with van der Waals surface area (Å²) in [5, 5.41) is 0. The standard InChI is InChI=1S/C29H43N/c1-9-10-11-21(3)26(8)30-29-19-28(17-15-24(29)6)23(5)13-12-22(4)27-16-14-20(2)25(7)18-27/h14-19,21-23H,9-13H2,1-8H3/t21?,22?,23-/m1/s1. The first-order chi connectivity index (χ1) is 14.2. The number of benzene rings is 2. The van der Waals surface area contributed by atoms with Crippen molar-refractivity contribution in [1.82, 2.24) is 0 Å². The van der Waals surface area contributed by atoms with E-state index in [1.807, 2.05) is 0 Å². The summed E-state index contributed by atoms with van der Waals surface area (Å²) < 4.78 is 0. The van der Waals surface area contributed by atoms with E-state index in [2.05, 4.69) is 91.8 Å². The normalized spacial score (nSPS) is 15.1. The van der Waals surface area contributed by atoms with E-state index in [0.29, 0.717) is 17.8 Å². The Bertz CT molecular complexity index is 845. The number of rotatable bonds is 10. The molecule has 0 amide bonds. The molecule has 0 heterocycles.